The topological polar surface area (TPSA) is 78.9 Å². The summed E-state index contributed by atoms with van der Waals surface area (Å²) in [6, 6.07) is 0. The molecule has 0 amide bonds. The Bertz CT molecular complexity index is 1150. The fraction of sp³-hybridized carbons (Fsp3) is 0.926. The van der Waals surface area contributed by atoms with Gasteiger partial charge in [-0.2, -0.15) is 0 Å². The second-order valence-electron chi connectivity index (χ2n) is 23.1. The maximum absolute atomic E-state index is 12.8. The Morgan fingerprint density at radius 3 is 0.676 bits per heavy atom. The molecule has 0 heterocycles. The van der Waals surface area contributed by atoms with Crippen molar-refractivity contribution in [3.05, 3.63) is 12.2 Å². The summed E-state index contributed by atoms with van der Waals surface area (Å²) in [6.07, 6.45) is 75.6. The normalized spacial score (nSPS) is 12.0. The van der Waals surface area contributed by atoms with Gasteiger partial charge in [0.25, 0.3) is 0 Å². The summed E-state index contributed by atoms with van der Waals surface area (Å²) in [6.45, 7) is 6.66. The molecule has 74 heavy (non-hydrogen) atoms. The van der Waals surface area contributed by atoms with Crippen LogP contribution >= 0.6 is 0 Å². The number of carbonyl (C=O) groups excluding carboxylic acids is 3. The monoisotopic (exact) mass is 1040 g/mol. The molecule has 0 saturated heterocycles. The standard InChI is InChI=1S/C68H130O6/c1-4-7-10-13-16-18-20-22-24-26-27-28-29-30-31-32-33-34-35-36-37-38-39-40-42-43-45-47-49-52-55-58-61-67(70)73-64-65(63-72-66(69)60-57-54-51-15-12-9-6-3)74-68(71)62-59-56-53-50-48-46-44-41-25-23-21-19-17-14-11-8-5-2/h23,25,65H,4-22,24,26-64H2,1-3H3/b25-23-. The summed E-state index contributed by atoms with van der Waals surface area (Å²) in [5, 5.41) is 0. The second-order valence-corrected chi connectivity index (χ2v) is 23.1. The lowest BCUT2D eigenvalue weighted by Gasteiger charge is -2.18. The molecule has 0 aromatic rings. The van der Waals surface area contributed by atoms with Crippen LogP contribution in [0.25, 0.3) is 0 Å². The van der Waals surface area contributed by atoms with Crippen LogP contribution in [0.15, 0.2) is 12.2 Å². The molecular formula is C68H130O6. The molecule has 0 saturated carbocycles. The molecule has 0 spiro atoms. The number of carbonyl (C=O) groups is 3. The van der Waals surface area contributed by atoms with Gasteiger partial charge < -0.3 is 14.2 Å². The molecular weight excluding hydrogens is 913 g/mol. The van der Waals surface area contributed by atoms with E-state index >= 15 is 0 Å². The first kappa shape index (κ1) is 72.2. The number of unbranched alkanes of at least 4 members (excludes halogenated alkanes) is 50. The average molecular weight is 1040 g/mol. The highest BCUT2D eigenvalue weighted by atomic mass is 16.6. The molecule has 0 fully saturated rings. The first-order valence-electron chi connectivity index (χ1n) is 33.7. The van der Waals surface area contributed by atoms with E-state index in [0.29, 0.717) is 19.3 Å². The van der Waals surface area contributed by atoms with Crippen LogP contribution in [0.4, 0.5) is 0 Å². The predicted octanol–water partition coefficient (Wildman–Crippen LogP) is 22.8. The highest BCUT2D eigenvalue weighted by Gasteiger charge is 2.19. The van der Waals surface area contributed by atoms with E-state index < -0.39 is 6.10 Å². The second kappa shape index (κ2) is 63.7. The fourth-order valence-corrected chi connectivity index (χ4v) is 10.4. The van der Waals surface area contributed by atoms with E-state index in [-0.39, 0.29) is 31.1 Å². The molecule has 1 atom stereocenters. The van der Waals surface area contributed by atoms with Gasteiger partial charge in [0.15, 0.2) is 6.10 Å². The fourth-order valence-electron chi connectivity index (χ4n) is 10.4. The zero-order chi connectivity index (χ0) is 53.6. The molecule has 0 rings (SSSR count). The van der Waals surface area contributed by atoms with Gasteiger partial charge in [-0.3, -0.25) is 14.4 Å². The van der Waals surface area contributed by atoms with Crippen LogP contribution < -0.4 is 0 Å². The zero-order valence-corrected chi connectivity index (χ0v) is 50.4. The molecule has 6 nitrogen and oxygen atoms in total. The van der Waals surface area contributed by atoms with Crippen LogP contribution in [0.5, 0.6) is 0 Å². The number of hydrogen-bond donors (Lipinski definition) is 0. The first-order valence-corrected chi connectivity index (χ1v) is 33.7. The van der Waals surface area contributed by atoms with Gasteiger partial charge in [-0.15, -0.1) is 0 Å². The van der Waals surface area contributed by atoms with E-state index in [4.69, 9.17) is 14.2 Å². The third kappa shape index (κ3) is 61.0. The smallest absolute Gasteiger partial charge is 0.306 e. The van der Waals surface area contributed by atoms with Crippen LogP contribution in [-0.2, 0) is 28.6 Å². The lowest BCUT2D eigenvalue weighted by Crippen LogP contribution is -2.30. The summed E-state index contributed by atoms with van der Waals surface area (Å²) in [4.78, 5) is 38.0. The molecule has 0 radical (unpaired) electrons. The number of esters is 3. The Balaban J connectivity index is 3.94. The van der Waals surface area contributed by atoms with E-state index in [1.54, 1.807) is 0 Å². The quantitative estimate of drug-likeness (QED) is 0.0261. The van der Waals surface area contributed by atoms with Crippen molar-refractivity contribution in [2.24, 2.45) is 0 Å². The van der Waals surface area contributed by atoms with E-state index in [0.717, 1.165) is 57.8 Å². The number of hydrogen-bond acceptors (Lipinski definition) is 6. The Morgan fingerprint density at radius 2 is 0.446 bits per heavy atom. The van der Waals surface area contributed by atoms with Crippen LogP contribution in [0.3, 0.4) is 0 Å². The summed E-state index contributed by atoms with van der Waals surface area (Å²) < 4.78 is 16.8. The Labute approximate surface area is 462 Å². The van der Waals surface area contributed by atoms with E-state index in [1.807, 2.05) is 0 Å². The van der Waals surface area contributed by atoms with E-state index in [9.17, 15) is 14.4 Å². The van der Waals surface area contributed by atoms with Gasteiger partial charge in [-0.1, -0.05) is 335 Å². The van der Waals surface area contributed by atoms with Gasteiger partial charge in [-0.05, 0) is 44.9 Å². The van der Waals surface area contributed by atoms with Crippen LogP contribution in [0.1, 0.15) is 387 Å². The summed E-state index contributed by atoms with van der Waals surface area (Å²) in [5.74, 6) is -0.852. The zero-order valence-electron chi connectivity index (χ0n) is 50.4. The minimum atomic E-state index is -0.766. The number of ether oxygens (including phenoxy) is 3. The predicted molar refractivity (Wildman–Crippen MR) is 321 cm³/mol. The molecule has 0 aliphatic rings. The highest BCUT2D eigenvalue weighted by molar-refractivity contribution is 5.71. The van der Waals surface area contributed by atoms with Crippen molar-refractivity contribution in [3.8, 4) is 0 Å². The molecule has 0 aliphatic heterocycles. The van der Waals surface area contributed by atoms with Crippen molar-refractivity contribution in [2.45, 2.75) is 393 Å². The summed E-state index contributed by atoms with van der Waals surface area (Å²) >= 11 is 0. The van der Waals surface area contributed by atoms with E-state index in [1.165, 1.54) is 289 Å². The highest BCUT2D eigenvalue weighted by Crippen LogP contribution is 2.19. The largest absolute Gasteiger partial charge is 0.462 e. The van der Waals surface area contributed by atoms with Gasteiger partial charge in [0.05, 0.1) is 0 Å². The lowest BCUT2D eigenvalue weighted by molar-refractivity contribution is -0.167. The summed E-state index contributed by atoms with van der Waals surface area (Å²) in [5.41, 5.74) is 0. The maximum Gasteiger partial charge on any atom is 0.306 e. The molecule has 0 aromatic heterocycles. The Morgan fingerprint density at radius 1 is 0.257 bits per heavy atom. The van der Waals surface area contributed by atoms with Crippen molar-refractivity contribution >= 4 is 17.9 Å². The third-order valence-electron chi connectivity index (χ3n) is 15.5. The number of allylic oxidation sites excluding steroid dienone is 2. The molecule has 0 bridgehead atoms. The van der Waals surface area contributed by atoms with Gasteiger partial charge in [0.1, 0.15) is 13.2 Å². The van der Waals surface area contributed by atoms with Gasteiger partial charge in [0, 0.05) is 19.3 Å². The molecule has 0 aliphatic carbocycles. The van der Waals surface area contributed by atoms with Crippen LogP contribution in [-0.4, -0.2) is 37.2 Å². The number of rotatable bonds is 63. The van der Waals surface area contributed by atoms with Crippen molar-refractivity contribution in [1.29, 1.82) is 0 Å². The van der Waals surface area contributed by atoms with Crippen molar-refractivity contribution < 1.29 is 28.6 Å². The average Bonchev–Trinajstić information content (AvgIpc) is 3.40. The van der Waals surface area contributed by atoms with Crippen LogP contribution in [0, 0.1) is 0 Å². The molecule has 0 N–H and O–H groups in total. The lowest BCUT2D eigenvalue weighted by atomic mass is 10.0. The minimum absolute atomic E-state index is 0.0663. The summed E-state index contributed by atoms with van der Waals surface area (Å²) in [7, 11) is 0. The maximum atomic E-state index is 12.8. The first-order chi connectivity index (χ1) is 36.5. The van der Waals surface area contributed by atoms with Gasteiger partial charge in [-0.25, -0.2) is 0 Å². The van der Waals surface area contributed by atoms with Crippen molar-refractivity contribution in [1.82, 2.24) is 0 Å². The molecule has 1 unspecified atom stereocenters. The van der Waals surface area contributed by atoms with Crippen molar-refractivity contribution in [2.75, 3.05) is 13.2 Å². The van der Waals surface area contributed by atoms with Gasteiger partial charge >= 0.3 is 17.9 Å². The molecule has 0 aromatic carbocycles. The van der Waals surface area contributed by atoms with Crippen LogP contribution in [0.2, 0.25) is 0 Å². The molecule has 6 heteroatoms. The Kier molecular flexibility index (Phi) is 62.1. The third-order valence-corrected chi connectivity index (χ3v) is 15.5. The SMILES string of the molecule is CCCCCCCC/C=C\CCCCCCCCCC(=O)OC(COC(=O)CCCCCCCCC)COC(=O)CCCCCCCCCCCCCCCCCCCCCCCCCCCCCCCCCC. The minimum Gasteiger partial charge on any atom is -0.462 e. The van der Waals surface area contributed by atoms with Gasteiger partial charge in [0.2, 0.25) is 0 Å². The van der Waals surface area contributed by atoms with E-state index in [2.05, 4.69) is 32.9 Å². The Hall–Kier alpha value is -1.85. The van der Waals surface area contributed by atoms with Crippen molar-refractivity contribution in [3.63, 3.8) is 0 Å². The molecule has 438 valence electrons.